The summed E-state index contributed by atoms with van der Waals surface area (Å²) in [6.45, 7) is 0. The number of nitro groups is 1. The molecule has 0 spiro atoms. The summed E-state index contributed by atoms with van der Waals surface area (Å²) >= 11 is 12.0. The molecule has 0 aliphatic heterocycles. The Balaban J connectivity index is 2.32. The molecule has 0 unspecified atom stereocenters. The molecule has 0 heterocycles. The second-order valence-electron chi connectivity index (χ2n) is 6.69. The van der Waals surface area contributed by atoms with Crippen LogP contribution in [-0.2, 0) is 0 Å². The van der Waals surface area contributed by atoms with Crippen LogP contribution in [0.2, 0.25) is 10.0 Å². The molecule has 164 valence electrons. The minimum Gasteiger partial charge on any atom is -0.505 e. The lowest BCUT2D eigenvalue weighted by Gasteiger charge is -2.21. The predicted molar refractivity (Wildman–Crippen MR) is 114 cm³/mol. The zero-order chi connectivity index (χ0) is 23.7. The number of hydrogen-bond acceptors (Lipinski definition) is 6. The fraction of sp³-hybridized carbons (Fsp3) is 0.0476. The van der Waals surface area contributed by atoms with Crippen molar-refractivity contribution in [2.24, 2.45) is 0 Å². The fourth-order valence-corrected chi connectivity index (χ4v) is 3.72. The number of carboxylic acids is 2. The molecule has 0 saturated heterocycles. The van der Waals surface area contributed by atoms with E-state index in [1.165, 1.54) is 36.4 Å². The van der Waals surface area contributed by atoms with E-state index in [1.807, 2.05) is 0 Å². The molecule has 0 saturated carbocycles. The lowest BCUT2D eigenvalue weighted by molar-refractivity contribution is -0.384. The van der Waals surface area contributed by atoms with Crippen LogP contribution in [0.5, 0.6) is 11.5 Å². The van der Waals surface area contributed by atoms with E-state index in [0.29, 0.717) is 5.56 Å². The van der Waals surface area contributed by atoms with Crippen LogP contribution in [0.4, 0.5) is 5.69 Å². The van der Waals surface area contributed by atoms with E-state index in [-0.39, 0.29) is 26.9 Å². The third-order valence-electron chi connectivity index (χ3n) is 4.74. The summed E-state index contributed by atoms with van der Waals surface area (Å²) in [7, 11) is 0. The van der Waals surface area contributed by atoms with E-state index in [1.54, 1.807) is 0 Å². The molecule has 0 aromatic heterocycles. The van der Waals surface area contributed by atoms with Crippen molar-refractivity contribution in [3.63, 3.8) is 0 Å². The number of carbonyl (C=O) groups is 2. The first-order valence-electron chi connectivity index (χ1n) is 8.77. The molecular formula is C21H13Cl2NO8. The number of benzene rings is 3. The van der Waals surface area contributed by atoms with Crippen molar-refractivity contribution in [3.8, 4) is 11.5 Å². The molecule has 32 heavy (non-hydrogen) atoms. The average Bonchev–Trinajstić information content (AvgIpc) is 2.72. The van der Waals surface area contributed by atoms with Crippen LogP contribution >= 0.6 is 23.2 Å². The summed E-state index contributed by atoms with van der Waals surface area (Å²) < 4.78 is 0. The second kappa shape index (κ2) is 8.74. The minimum atomic E-state index is -1.45. The van der Waals surface area contributed by atoms with Gasteiger partial charge in [0.15, 0.2) is 0 Å². The van der Waals surface area contributed by atoms with Gasteiger partial charge in [0, 0.05) is 18.1 Å². The number of non-ortho nitro benzene ring substituents is 1. The Bertz CT molecular complexity index is 1190. The topological polar surface area (TPSA) is 158 Å². The van der Waals surface area contributed by atoms with Gasteiger partial charge in [-0.25, -0.2) is 9.59 Å². The number of aromatic hydroxyl groups is 2. The maximum atomic E-state index is 11.6. The summed E-state index contributed by atoms with van der Waals surface area (Å²) in [6, 6.07) is 10.1. The summed E-state index contributed by atoms with van der Waals surface area (Å²) in [5.74, 6) is -5.11. The standard InChI is InChI=1S/C21H13Cl2NO8/c22-15-7-10(5-13(18(15)25)20(27)28)17(9-1-3-12(4-2-9)24(31)32)11-6-14(21(29)30)19(26)16(23)8-11/h1-8,17,25-26H,(H,27,28)(H,29,30). The SMILES string of the molecule is O=C(O)c1cc(C(c2ccc([N+](=O)[O-])cc2)c2cc(Cl)c(O)c(C(=O)O)c2)cc(Cl)c1O. The van der Waals surface area contributed by atoms with Gasteiger partial charge >= 0.3 is 11.9 Å². The van der Waals surface area contributed by atoms with Crippen molar-refractivity contribution in [1.82, 2.24) is 0 Å². The second-order valence-corrected chi connectivity index (χ2v) is 7.50. The van der Waals surface area contributed by atoms with Gasteiger partial charge in [0.1, 0.15) is 22.6 Å². The van der Waals surface area contributed by atoms with E-state index in [4.69, 9.17) is 23.2 Å². The van der Waals surface area contributed by atoms with Crippen molar-refractivity contribution in [1.29, 1.82) is 0 Å². The number of aromatic carboxylic acids is 2. The number of nitrogens with zero attached hydrogens (tertiary/aromatic N) is 1. The van der Waals surface area contributed by atoms with Crippen LogP contribution in [0, 0.1) is 10.1 Å². The third-order valence-corrected chi connectivity index (χ3v) is 5.31. The summed E-state index contributed by atoms with van der Waals surface area (Å²) in [5.41, 5.74) is -0.316. The number of halogens is 2. The molecule has 9 nitrogen and oxygen atoms in total. The monoisotopic (exact) mass is 477 g/mol. The zero-order valence-electron chi connectivity index (χ0n) is 15.8. The molecule has 3 aromatic rings. The smallest absolute Gasteiger partial charge is 0.339 e. The van der Waals surface area contributed by atoms with Crippen molar-refractivity contribution < 1.29 is 34.9 Å². The Morgan fingerprint density at radius 2 is 1.19 bits per heavy atom. The highest BCUT2D eigenvalue weighted by Gasteiger charge is 2.25. The van der Waals surface area contributed by atoms with Crippen LogP contribution in [-0.4, -0.2) is 37.3 Å². The Morgan fingerprint density at radius 3 is 1.53 bits per heavy atom. The van der Waals surface area contributed by atoms with Crippen LogP contribution in [0.1, 0.15) is 43.3 Å². The largest absolute Gasteiger partial charge is 0.505 e. The van der Waals surface area contributed by atoms with Crippen LogP contribution < -0.4 is 0 Å². The Kier molecular flexibility index (Phi) is 6.24. The van der Waals surface area contributed by atoms with Gasteiger partial charge in [-0.15, -0.1) is 0 Å². The quantitative estimate of drug-likeness (QED) is 0.222. The van der Waals surface area contributed by atoms with Crippen molar-refractivity contribution >= 4 is 40.8 Å². The van der Waals surface area contributed by atoms with Crippen molar-refractivity contribution in [2.45, 2.75) is 5.92 Å². The van der Waals surface area contributed by atoms with E-state index in [0.717, 1.165) is 12.1 Å². The fourth-order valence-electron chi connectivity index (χ4n) is 3.27. The van der Waals surface area contributed by atoms with Gasteiger partial charge in [0.25, 0.3) is 5.69 Å². The number of nitro benzene ring substituents is 1. The van der Waals surface area contributed by atoms with Gasteiger partial charge in [0.05, 0.1) is 15.0 Å². The zero-order valence-corrected chi connectivity index (χ0v) is 17.3. The Labute approximate surface area is 189 Å². The highest BCUT2D eigenvalue weighted by atomic mass is 35.5. The Hall–Kier alpha value is -3.82. The normalized spacial score (nSPS) is 10.8. The maximum absolute atomic E-state index is 11.6. The molecule has 0 amide bonds. The van der Waals surface area contributed by atoms with Gasteiger partial charge < -0.3 is 20.4 Å². The van der Waals surface area contributed by atoms with Gasteiger partial charge in [-0.3, -0.25) is 10.1 Å². The highest BCUT2D eigenvalue weighted by molar-refractivity contribution is 6.33. The lowest BCUT2D eigenvalue weighted by Crippen LogP contribution is -2.08. The van der Waals surface area contributed by atoms with E-state index < -0.39 is 45.4 Å². The van der Waals surface area contributed by atoms with Gasteiger partial charge in [-0.1, -0.05) is 35.3 Å². The van der Waals surface area contributed by atoms with E-state index >= 15 is 0 Å². The molecule has 0 atom stereocenters. The van der Waals surface area contributed by atoms with Gasteiger partial charge in [0.2, 0.25) is 0 Å². The highest BCUT2D eigenvalue weighted by Crippen LogP contribution is 2.41. The molecule has 3 rings (SSSR count). The van der Waals surface area contributed by atoms with Gasteiger partial charge in [-0.2, -0.15) is 0 Å². The van der Waals surface area contributed by atoms with E-state index in [2.05, 4.69) is 0 Å². The van der Waals surface area contributed by atoms with Crippen molar-refractivity contribution in [3.05, 3.63) is 96.5 Å². The summed E-state index contributed by atoms with van der Waals surface area (Å²) in [4.78, 5) is 33.5. The molecule has 0 fully saturated rings. The van der Waals surface area contributed by atoms with Gasteiger partial charge in [-0.05, 0) is 41.0 Å². The molecule has 0 aliphatic rings. The van der Waals surface area contributed by atoms with Crippen LogP contribution in [0.15, 0.2) is 48.5 Å². The first kappa shape index (κ1) is 22.9. The maximum Gasteiger partial charge on any atom is 0.339 e. The number of carboxylic acid groups (broad SMARTS) is 2. The predicted octanol–water partition coefficient (Wildman–Crippen LogP) is 4.89. The molecule has 11 heteroatoms. The van der Waals surface area contributed by atoms with Crippen LogP contribution in [0.25, 0.3) is 0 Å². The lowest BCUT2D eigenvalue weighted by atomic mass is 9.83. The first-order chi connectivity index (χ1) is 15.0. The minimum absolute atomic E-state index is 0.197. The number of hydrogen-bond donors (Lipinski definition) is 4. The summed E-state index contributed by atoms with van der Waals surface area (Å²) in [6.07, 6.45) is 0. The third kappa shape index (κ3) is 4.29. The van der Waals surface area contributed by atoms with E-state index in [9.17, 15) is 40.1 Å². The molecular weight excluding hydrogens is 465 g/mol. The molecule has 3 aromatic carbocycles. The number of rotatable bonds is 6. The summed E-state index contributed by atoms with van der Waals surface area (Å²) in [5, 5.41) is 49.3. The van der Waals surface area contributed by atoms with Crippen LogP contribution in [0.3, 0.4) is 0 Å². The molecule has 0 bridgehead atoms. The number of phenols is 2. The molecule has 0 radical (unpaired) electrons. The molecule has 0 aliphatic carbocycles. The first-order valence-corrected chi connectivity index (χ1v) is 9.52. The average molecular weight is 478 g/mol. The van der Waals surface area contributed by atoms with Crippen molar-refractivity contribution in [2.75, 3.05) is 0 Å². The molecule has 4 N–H and O–H groups in total. The Morgan fingerprint density at radius 1 is 0.781 bits per heavy atom.